The summed E-state index contributed by atoms with van der Waals surface area (Å²) in [5, 5.41) is 11.4. The zero-order valence-corrected chi connectivity index (χ0v) is 12.9. The van der Waals surface area contributed by atoms with Gasteiger partial charge >= 0.3 is 0 Å². The first-order valence-corrected chi connectivity index (χ1v) is 7.22. The number of amides is 1. The van der Waals surface area contributed by atoms with Gasteiger partial charge in [0.25, 0.3) is 0 Å². The summed E-state index contributed by atoms with van der Waals surface area (Å²) in [7, 11) is 3.40. The summed E-state index contributed by atoms with van der Waals surface area (Å²) in [6.07, 6.45) is 0. The summed E-state index contributed by atoms with van der Waals surface area (Å²) in [6, 6.07) is 5.09. The van der Waals surface area contributed by atoms with Crippen LogP contribution in [0, 0.1) is 6.92 Å². The highest BCUT2D eigenvalue weighted by atomic mass is 32.2. The lowest BCUT2D eigenvalue weighted by molar-refractivity contribution is -0.113. The summed E-state index contributed by atoms with van der Waals surface area (Å²) >= 11 is 1.32. The number of benzene rings is 1. The Morgan fingerprint density at radius 2 is 2.24 bits per heavy atom. The van der Waals surface area contributed by atoms with Crippen LogP contribution in [0.15, 0.2) is 23.4 Å². The molecule has 21 heavy (non-hydrogen) atoms. The Labute approximate surface area is 126 Å². The van der Waals surface area contributed by atoms with Gasteiger partial charge in [0.1, 0.15) is 11.6 Å². The van der Waals surface area contributed by atoms with E-state index >= 15 is 0 Å². The van der Waals surface area contributed by atoms with E-state index in [0.29, 0.717) is 22.3 Å². The number of carbonyl (C=O) groups is 1. The number of carbonyl (C=O) groups excluding carboxylic acids is 1. The van der Waals surface area contributed by atoms with Gasteiger partial charge in [-0.05, 0) is 25.1 Å². The molecule has 2 rings (SSSR count). The maximum atomic E-state index is 12.0. The number of methoxy groups -OCH3 is 1. The monoisotopic (exact) mass is 307 g/mol. The van der Waals surface area contributed by atoms with E-state index in [4.69, 9.17) is 10.5 Å². The number of thioether (sulfide) groups is 1. The molecule has 1 heterocycles. The lowest BCUT2D eigenvalue weighted by Crippen LogP contribution is -2.15. The molecule has 0 saturated carbocycles. The number of aryl methyl sites for hydroxylation is 1. The molecule has 0 atom stereocenters. The van der Waals surface area contributed by atoms with E-state index in [-0.39, 0.29) is 11.7 Å². The highest BCUT2D eigenvalue weighted by Gasteiger charge is 2.11. The first-order valence-electron chi connectivity index (χ1n) is 6.23. The van der Waals surface area contributed by atoms with Gasteiger partial charge in [-0.15, -0.1) is 10.2 Å². The minimum absolute atomic E-state index is 0.162. The maximum absolute atomic E-state index is 12.0. The van der Waals surface area contributed by atoms with Crippen molar-refractivity contribution in [3.05, 3.63) is 24.0 Å². The van der Waals surface area contributed by atoms with Crippen LogP contribution in [0.3, 0.4) is 0 Å². The van der Waals surface area contributed by atoms with Gasteiger partial charge in [0.15, 0.2) is 5.16 Å². The summed E-state index contributed by atoms with van der Waals surface area (Å²) in [4.78, 5) is 12.0. The highest BCUT2D eigenvalue weighted by molar-refractivity contribution is 7.99. The van der Waals surface area contributed by atoms with Crippen molar-refractivity contribution in [3.8, 4) is 5.75 Å². The number of nitrogen functional groups attached to an aromatic ring is 1. The molecule has 0 saturated heterocycles. The standard InChI is InChI=1S/C13H17N5O2S/c1-8-16-17-13(18(8)2)21-7-12(19)15-10-6-9(14)4-5-11(10)20-3/h4-6H,7,14H2,1-3H3,(H,15,19). The number of nitrogens with zero attached hydrogens (tertiary/aromatic N) is 3. The molecule has 0 bridgehead atoms. The Morgan fingerprint density at radius 3 is 2.86 bits per heavy atom. The first kappa shape index (κ1) is 15.2. The molecule has 2 aromatic rings. The molecule has 0 aliphatic carbocycles. The van der Waals surface area contributed by atoms with Gasteiger partial charge in [-0.25, -0.2) is 0 Å². The van der Waals surface area contributed by atoms with Crippen LogP contribution in [0.4, 0.5) is 11.4 Å². The average Bonchev–Trinajstić information content (AvgIpc) is 2.77. The summed E-state index contributed by atoms with van der Waals surface area (Å²) < 4.78 is 7.02. The van der Waals surface area contributed by atoms with Crippen molar-refractivity contribution in [2.24, 2.45) is 7.05 Å². The van der Waals surface area contributed by atoms with Crippen molar-refractivity contribution in [1.82, 2.24) is 14.8 Å². The molecule has 0 fully saturated rings. The van der Waals surface area contributed by atoms with E-state index in [1.54, 1.807) is 18.2 Å². The normalized spacial score (nSPS) is 10.4. The Balaban J connectivity index is 1.99. The van der Waals surface area contributed by atoms with Crippen LogP contribution >= 0.6 is 11.8 Å². The third-order valence-corrected chi connectivity index (χ3v) is 3.90. The van der Waals surface area contributed by atoms with Crippen molar-refractivity contribution in [1.29, 1.82) is 0 Å². The SMILES string of the molecule is COc1ccc(N)cc1NC(=O)CSc1nnc(C)n1C. The van der Waals surface area contributed by atoms with Gasteiger partial charge in [0.05, 0.1) is 18.6 Å². The molecule has 0 radical (unpaired) electrons. The maximum Gasteiger partial charge on any atom is 0.234 e. The smallest absolute Gasteiger partial charge is 0.234 e. The number of aromatic nitrogens is 3. The lowest BCUT2D eigenvalue weighted by Gasteiger charge is -2.10. The molecule has 1 aromatic heterocycles. The fourth-order valence-electron chi connectivity index (χ4n) is 1.65. The van der Waals surface area contributed by atoms with Gasteiger partial charge in [-0.3, -0.25) is 4.79 Å². The Kier molecular flexibility index (Phi) is 4.69. The second kappa shape index (κ2) is 6.49. The quantitative estimate of drug-likeness (QED) is 0.641. The van der Waals surface area contributed by atoms with Crippen LogP contribution in [-0.4, -0.2) is 33.5 Å². The Bertz CT molecular complexity index is 656. The van der Waals surface area contributed by atoms with E-state index < -0.39 is 0 Å². The highest BCUT2D eigenvalue weighted by Crippen LogP contribution is 2.27. The largest absolute Gasteiger partial charge is 0.495 e. The molecular weight excluding hydrogens is 290 g/mol. The topological polar surface area (TPSA) is 95.1 Å². The van der Waals surface area contributed by atoms with Crippen molar-refractivity contribution in [2.75, 3.05) is 23.9 Å². The zero-order chi connectivity index (χ0) is 15.4. The van der Waals surface area contributed by atoms with E-state index in [1.807, 2.05) is 18.5 Å². The van der Waals surface area contributed by atoms with Gasteiger partial charge in [0.2, 0.25) is 5.91 Å². The van der Waals surface area contributed by atoms with Gasteiger partial charge < -0.3 is 20.4 Å². The predicted molar refractivity (Wildman–Crippen MR) is 82.5 cm³/mol. The number of rotatable bonds is 5. The fourth-order valence-corrected chi connectivity index (χ4v) is 2.41. The van der Waals surface area contributed by atoms with E-state index in [2.05, 4.69) is 15.5 Å². The second-order valence-electron chi connectivity index (χ2n) is 4.39. The number of anilines is 2. The Morgan fingerprint density at radius 1 is 1.48 bits per heavy atom. The summed E-state index contributed by atoms with van der Waals surface area (Å²) in [5.41, 5.74) is 6.82. The van der Waals surface area contributed by atoms with Gasteiger partial charge in [-0.1, -0.05) is 11.8 Å². The number of nitrogens with two attached hydrogens (primary N) is 1. The second-order valence-corrected chi connectivity index (χ2v) is 5.33. The minimum Gasteiger partial charge on any atom is -0.495 e. The third kappa shape index (κ3) is 3.66. The van der Waals surface area contributed by atoms with Crippen molar-refractivity contribution < 1.29 is 9.53 Å². The molecule has 0 aliphatic heterocycles. The number of nitrogens with one attached hydrogen (secondary N) is 1. The van der Waals surface area contributed by atoms with Crippen LogP contribution < -0.4 is 15.8 Å². The van der Waals surface area contributed by atoms with Crippen molar-refractivity contribution >= 4 is 29.0 Å². The molecule has 112 valence electrons. The van der Waals surface area contributed by atoms with Gasteiger partial charge in [0, 0.05) is 12.7 Å². The third-order valence-electron chi connectivity index (χ3n) is 2.88. The molecular formula is C13H17N5O2S. The number of ether oxygens (including phenoxy) is 1. The van der Waals surface area contributed by atoms with E-state index in [9.17, 15) is 4.79 Å². The van der Waals surface area contributed by atoms with Crippen LogP contribution in [0.5, 0.6) is 5.75 Å². The van der Waals surface area contributed by atoms with Crippen LogP contribution in [-0.2, 0) is 11.8 Å². The van der Waals surface area contributed by atoms with Crippen LogP contribution in [0.25, 0.3) is 0 Å². The molecule has 0 aliphatic rings. The van der Waals surface area contributed by atoms with E-state index in [1.165, 1.54) is 18.9 Å². The Hall–Kier alpha value is -2.22. The fraction of sp³-hybridized carbons (Fsp3) is 0.308. The summed E-state index contributed by atoms with van der Waals surface area (Å²) in [6.45, 7) is 1.86. The van der Waals surface area contributed by atoms with Crippen molar-refractivity contribution in [3.63, 3.8) is 0 Å². The lowest BCUT2D eigenvalue weighted by atomic mass is 10.2. The first-order chi connectivity index (χ1) is 10.0. The minimum atomic E-state index is -0.162. The molecule has 0 spiro atoms. The zero-order valence-electron chi connectivity index (χ0n) is 12.1. The average molecular weight is 307 g/mol. The molecule has 0 unspecified atom stereocenters. The number of hydrogen-bond donors (Lipinski definition) is 2. The van der Waals surface area contributed by atoms with Crippen LogP contribution in [0.1, 0.15) is 5.82 Å². The predicted octanol–water partition coefficient (Wildman–Crippen LogP) is 1.45. The van der Waals surface area contributed by atoms with Crippen LogP contribution in [0.2, 0.25) is 0 Å². The molecule has 7 nitrogen and oxygen atoms in total. The van der Waals surface area contributed by atoms with Gasteiger partial charge in [-0.2, -0.15) is 0 Å². The van der Waals surface area contributed by atoms with Crippen molar-refractivity contribution in [2.45, 2.75) is 12.1 Å². The number of hydrogen-bond acceptors (Lipinski definition) is 6. The molecule has 1 amide bonds. The molecule has 8 heteroatoms. The summed E-state index contributed by atoms with van der Waals surface area (Å²) in [5.74, 6) is 1.43. The molecule has 3 N–H and O–H groups in total. The molecule has 1 aromatic carbocycles. The van der Waals surface area contributed by atoms with E-state index in [0.717, 1.165) is 5.82 Å².